The molecule has 0 aromatic heterocycles. The van der Waals surface area contributed by atoms with Gasteiger partial charge in [-0.2, -0.15) is 0 Å². The summed E-state index contributed by atoms with van der Waals surface area (Å²) in [4.78, 5) is 2.24. The zero-order valence-electron chi connectivity index (χ0n) is 27.5. The lowest BCUT2D eigenvalue weighted by atomic mass is 9.93. The van der Waals surface area contributed by atoms with E-state index in [0.717, 1.165) is 22.8 Å². The van der Waals surface area contributed by atoms with Gasteiger partial charge in [-0.3, -0.25) is 4.90 Å². The largest absolute Gasteiger partial charge is 0.491 e. The van der Waals surface area contributed by atoms with Gasteiger partial charge in [-0.25, -0.2) is 8.78 Å². The van der Waals surface area contributed by atoms with Crippen molar-refractivity contribution < 1.29 is 28.5 Å². The van der Waals surface area contributed by atoms with Gasteiger partial charge < -0.3 is 25.0 Å². The van der Waals surface area contributed by atoms with Crippen molar-refractivity contribution >= 4 is 0 Å². The second kappa shape index (κ2) is 18.9. The van der Waals surface area contributed by atoms with Crippen molar-refractivity contribution in [3.63, 3.8) is 0 Å². The molecule has 0 saturated heterocycles. The summed E-state index contributed by atoms with van der Waals surface area (Å²) in [5.41, 5.74) is 3.51. The molecule has 0 spiro atoms. The van der Waals surface area contributed by atoms with E-state index >= 15 is 0 Å². The maximum Gasteiger partial charge on any atom is 0.126 e. The van der Waals surface area contributed by atoms with E-state index in [-0.39, 0.29) is 32.8 Å². The van der Waals surface area contributed by atoms with Gasteiger partial charge >= 0.3 is 0 Å². The van der Waals surface area contributed by atoms with Crippen LogP contribution in [0.5, 0.6) is 5.75 Å². The monoisotopic (exact) mass is 666 g/mol. The van der Waals surface area contributed by atoms with Crippen molar-refractivity contribution in [1.29, 1.82) is 0 Å². The van der Waals surface area contributed by atoms with Crippen molar-refractivity contribution in [2.45, 2.75) is 50.4 Å². The Balaban J connectivity index is 1.49. The smallest absolute Gasteiger partial charge is 0.126 e. The van der Waals surface area contributed by atoms with E-state index in [0.29, 0.717) is 24.4 Å². The van der Waals surface area contributed by atoms with Gasteiger partial charge in [0.25, 0.3) is 0 Å². The molecule has 0 aliphatic rings. The molecule has 4 atom stereocenters. The quantitative estimate of drug-likeness (QED) is 0.0929. The molecule has 0 saturated carbocycles. The number of para-hydroxylation sites is 1. The minimum absolute atomic E-state index is 0.0465. The predicted molar refractivity (Wildman–Crippen MR) is 188 cm³/mol. The summed E-state index contributed by atoms with van der Waals surface area (Å²) in [6.45, 7) is 1.10. The van der Waals surface area contributed by atoms with E-state index in [9.17, 15) is 19.0 Å². The Kier molecular flexibility index (Phi) is 13.9. The second-order valence-electron chi connectivity index (χ2n) is 12.2. The van der Waals surface area contributed by atoms with Gasteiger partial charge in [0.15, 0.2) is 0 Å². The molecule has 8 heteroatoms. The fourth-order valence-electron chi connectivity index (χ4n) is 5.95. The molecule has 5 rings (SSSR count). The highest BCUT2D eigenvalue weighted by atomic mass is 19.1. The molecule has 3 N–H and O–H groups in total. The number of ether oxygens (including phenoxy) is 2. The number of rotatable bonds is 19. The molecule has 0 bridgehead atoms. The average Bonchev–Trinajstić information content (AvgIpc) is 3.12. The Hall–Kier alpha value is -4.44. The number of aliphatic hydroxyl groups excluding tert-OH is 2. The van der Waals surface area contributed by atoms with Crippen LogP contribution in [-0.2, 0) is 30.9 Å². The Morgan fingerprint density at radius 2 is 1.16 bits per heavy atom. The van der Waals surface area contributed by atoms with E-state index in [4.69, 9.17) is 9.47 Å². The highest BCUT2D eigenvalue weighted by molar-refractivity contribution is 5.23. The molecule has 0 fully saturated rings. The molecule has 0 radical (unpaired) electrons. The summed E-state index contributed by atoms with van der Waals surface area (Å²) in [5.74, 6) is -0.678. The first-order valence-corrected chi connectivity index (χ1v) is 16.6. The molecular formula is C41H44F2N2O4. The van der Waals surface area contributed by atoms with Crippen LogP contribution in [0.25, 0.3) is 0 Å². The molecule has 6 nitrogen and oxygen atoms in total. The minimum Gasteiger partial charge on any atom is -0.491 e. The lowest BCUT2D eigenvalue weighted by molar-refractivity contribution is -0.0604. The second-order valence-corrected chi connectivity index (χ2v) is 12.2. The number of benzene rings is 5. The summed E-state index contributed by atoms with van der Waals surface area (Å²) in [5, 5.41) is 25.1. The first-order valence-electron chi connectivity index (χ1n) is 16.6. The number of halogens is 2. The van der Waals surface area contributed by atoms with Crippen LogP contribution >= 0.6 is 0 Å². The molecule has 49 heavy (non-hydrogen) atoms. The highest BCUT2D eigenvalue weighted by Crippen LogP contribution is 2.25. The van der Waals surface area contributed by atoms with Crippen molar-refractivity contribution in [3.8, 4) is 5.75 Å². The molecular weight excluding hydrogens is 622 g/mol. The van der Waals surface area contributed by atoms with Gasteiger partial charge in [-0.05, 0) is 52.9 Å². The van der Waals surface area contributed by atoms with Gasteiger partial charge in [0, 0.05) is 31.7 Å². The molecule has 5 aromatic rings. The Morgan fingerprint density at radius 3 is 1.69 bits per heavy atom. The van der Waals surface area contributed by atoms with Gasteiger partial charge in [0.1, 0.15) is 30.1 Å². The molecule has 0 aliphatic carbocycles. The fourth-order valence-corrected chi connectivity index (χ4v) is 5.95. The Labute approximate surface area is 287 Å². The number of hydrogen-bond acceptors (Lipinski definition) is 6. The van der Waals surface area contributed by atoms with Gasteiger partial charge in [0.05, 0.1) is 25.4 Å². The Morgan fingerprint density at radius 1 is 0.653 bits per heavy atom. The van der Waals surface area contributed by atoms with Gasteiger partial charge in [-0.15, -0.1) is 0 Å². The Bertz CT molecular complexity index is 1590. The number of nitrogens with zero attached hydrogens (tertiary/aromatic N) is 1. The third-order valence-electron chi connectivity index (χ3n) is 8.35. The van der Waals surface area contributed by atoms with Crippen LogP contribution in [0.2, 0.25) is 0 Å². The number of hydrogen-bond donors (Lipinski definition) is 3. The van der Waals surface area contributed by atoms with Crippen molar-refractivity contribution in [3.05, 3.63) is 173 Å². The van der Waals surface area contributed by atoms with Crippen LogP contribution in [0.1, 0.15) is 22.3 Å². The number of nitrogens with one attached hydrogen (secondary N) is 1. The number of aliphatic hydroxyl groups is 2. The first kappa shape index (κ1) is 35.9. The van der Waals surface area contributed by atoms with Crippen LogP contribution in [0.3, 0.4) is 0 Å². The van der Waals surface area contributed by atoms with E-state index in [2.05, 4.69) is 10.2 Å². The summed E-state index contributed by atoms with van der Waals surface area (Å²) in [6.07, 6.45) is -1.35. The zero-order valence-corrected chi connectivity index (χ0v) is 27.5. The molecule has 0 amide bonds. The summed E-state index contributed by atoms with van der Waals surface area (Å²) >= 11 is 0. The standard InChI is InChI=1S/C41H44F2N2O4/c42-35-21-34(22-36(43)24-35)23-40(45(26-31-13-5-1-6-14-31)27-32-15-7-2-8-16-32)41(49-29-33-17-9-3-10-18-33)39(28-46)44-25-37(47)30-48-38-19-11-4-12-20-38/h1-22,24,37,39-41,44,46-47H,23,25-30H2/t37-,39-,40+,41-/m1/s1. The average molecular weight is 667 g/mol. The van der Waals surface area contributed by atoms with Crippen LogP contribution in [0, 0.1) is 11.6 Å². The fraction of sp³-hybridized carbons (Fsp3) is 0.268. The molecule has 5 aromatic carbocycles. The lowest BCUT2D eigenvalue weighted by Crippen LogP contribution is -2.57. The molecule has 256 valence electrons. The third-order valence-corrected chi connectivity index (χ3v) is 8.35. The van der Waals surface area contributed by atoms with Crippen LogP contribution in [-0.4, -0.2) is 59.2 Å². The summed E-state index contributed by atoms with van der Waals surface area (Å²) in [6, 6.07) is 41.4. The van der Waals surface area contributed by atoms with E-state index in [1.54, 1.807) is 0 Å². The van der Waals surface area contributed by atoms with Crippen molar-refractivity contribution in [2.24, 2.45) is 0 Å². The zero-order chi connectivity index (χ0) is 34.3. The van der Waals surface area contributed by atoms with Crippen molar-refractivity contribution in [1.82, 2.24) is 10.2 Å². The molecule has 0 unspecified atom stereocenters. The minimum atomic E-state index is -0.885. The van der Waals surface area contributed by atoms with Gasteiger partial charge in [0.2, 0.25) is 0 Å². The van der Waals surface area contributed by atoms with Crippen molar-refractivity contribution in [2.75, 3.05) is 19.8 Å². The first-order chi connectivity index (χ1) is 24.0. The van der Waals surface area contributed by atoms with Crippen LogP contribution in [0.15, 0.2) is 140 Å². The van der Waals surface area contributed by atoms with E-state index in [1.165, 1.54) is 12.1 Å². The lowest BCUT2D eigenvalue weighted by Gasteiger charge is -2.41. The molecule has 0 heterocycles. The van der Waals surface area contributed by atoms with Crippen LogP contribution in [0.4, 0.5) is 8.78 Å². The topological polar surface area (TPSA) is 74.2 Å². The SMILES string of the molecule is OC[C@@H](NC[C@@H](O)COc1ccccc1)[C@@H](OCc1ccccc1)[C@H](Cc1cc(F)cc(F)c1)N(Cc1ccccc1)Cc1ccccc1. The van der Waals surface area contributed by atoms with Gasteiger partial charge in [-0.1, -0.05) is 109 Å². The van der Waals surface area contributed by atoms with Crippen LogP contribution < -0.4 is 10.1 Å². The third kappa shape index (κ3) is 11.6. The maximum atomic E-state index is 14.6. The van der Waals surface area contributed by atoms with E-state index in [1.807, 2.05) is 121 Å². The maximum absolute atomic E-state index is 14.6. The summed E-state index contributed by atoms with van der Waals surface area (Å²) < 4.78 is 41.7. The normalized spacial score (nSPS) is 13.9. The van der Waals surface area contributed by atoms with E-state index < -0.39 is 35.9 Å². The molecule has 0 aliphatic heterocycles. The highest BCUT2D eigenvalue weighted by Gasteiger charge is 2.35. The summed E-state index contributed by atoms with van der Waals surface area (Å²) in [7, 11) is 0. The predicted octanol–water partition coefficient (Wildman–Crippen LogP) is 6.55.